The van der Waals surface area contributed by atoms with Gasteiger partial charge in [0.2, 0.25) is 0 Å². The summed E-state index contributed by atoms with van der Waals surface area (Å²) < 4.78 is 39.7. The van der Waals surface area contributed by atoms with E-state index in [9.17, 15) is 12.8 Å². The number of nitrogens with one attached hydrogen (secondary N) is 2. The molecule has 0 spiro atoms. The Labute approximate surface area is 126 Å². The summed E-state index contributed by atoms with van der Waals surface area (Å²) in [6.45, 7) is 0. The van der Waals surface area contributed by atoms with Gasteiger partial charge in [-0.2, -0.15) is 5.10 Å². The first-order chi connectivity index (χ1) is 10.5. The van der Waals surface area contributed by atoms with Crippen LogP contribution in [-0.2, 0) is 10.0 Å². The maximum atomic E-state index is 12.9. The number of sulfonamides is 1. The van der Waals surface area contributed by atoms with Crippen molar-refractivity contribution in [1.82, 2.24) is 10.2 Å². The van der Waals surface area contributed by atoms with E-state index in [1.165, 1.54) is 12.1 Å². The zero-order valence-electron chi connectivity index (χ0n) is 11.3. The van der Waals surface area contributed by atoms with Crippen molar-refractivity contribution < 1.29 is 12.8 Å². The SMILES string of the molecule is O=S(=O)(Nc1ccc(-c2ccn[nH]2)cc1)c1ccc(F)cc1. The number of benzene rings is 2. The van der Waals surface area contributed by atoms with Gasteiger partial charge in [-0.25, -0.2) is 12.8 Å². The molecule has 112 valence electrons. The molecule has 5 nitrogen and oxygen atoms in total. The predicted octanol–water partition coefficient (Wildman–Crippen LogP) is 3.02. The minimum Gasteiger partial charge on any atom is -0.280 e. The van der Waals surface area contributed by atoms with Crippen molar-refractivity contribution in [1.29, 1.82) is 0 Å². The molecule has 2 aromatic carbocycles. The average molecular weight is 317 g/mol. The summed E-state index contributed by atoms with van der Waals surface area (Å²) in [5.74, 6) is -0.483. The highest BCUT2D eigenvalue weighted by molar-refractivity contribution is 7.92. The summed E-state index contributed by atoms with van der Waals surface area (Å²) in [6.07, 6.45) is 1.64. The van der Waals surface area contributed by atoms with Crippen molar-refractivity contribution in [2.24, 2.45) is 0 Å². The zero-order valence-corrected chi connectivity index (χ0v) is 12.1. The maximum Gasteiger partial charge on any atom is 0.261 e. The van der Waals surface area contributed by atoms with Gasteiger partial charge in [0, 0.05) is 11.9 Å². The fourth-order valence-corrected chi connectivity index (χ4v) is 3.02. The van der Waals surface area contributed by atoms with Crippen LogP contribution in [-0.4, -0.2) is 18.6 Å². The van der Waals surface area contributed by atoms with Crippen molar-refractivity contribution >= 4 is 15.7 Å². The molecule has 0 aliphatic rings. The third-order valence-electron chi connectivity index (χ3n) is 3.07. The van der Waals surface area contributed by atoms with Crippen LogP contribution in [0.2, 0.25) is 0 Å². The number of aromatic amines is 1. The van der Waals surface area contributed by atoms with E-state index in [2.05, 4.69) is 14.9 Å². The molecule has 0 saturated carbocycles. The third-order valence-corrected chi connectivity index (χ3v) is 4.47. The molecule has 0 unspecified atom stereocenters. The first-order valence-corrected chi connectivity index (χ1v) is 7.91. The van der Waals surface area contributed by atoms with Crippen LogP contribution >= 0.6 is 0 Å². The molecule has 0 aliphatic heterocycles. The second kappa shape index (κ2) is 5.61. The lowest BCUT2D eigenvalue weighted by molar-refractivity contribution is 0.599. The summed E-state index contributed by atoms with van der Waals surface area (Å²) in [7, 11) is -3.73. The summed E-state index contributed by atoms with van der Waals surface area (Å²) >= 11 is 0. The Morgan fingerprint density at radius 1 is 0.955 bits per heavy atom. The van der Waals surface area contributed by atoms with Crippen LogP contribution in [0.15, 0.2) is 65.7 Å². The number of rotatable bonds is 4. The summed E-state index contributed by atoms with van der Waals surface area (Å²) in [5, 5.41) is 6.69. The monoisotopic (exact) mass is 317 g/mol. The van der Waals surface area contributed by atoms with Gasteiger partial charge in [0.25, 0.3) is 10.0 Å². The van der Waals surface area contributed by atoms with Gasteiger partial charge in [-0.05, 0) is 48.0 Å². The first kappa shape index (κ1) is 14.3. The highest BCUT2D eigenvalue weighted by atomic mass is 32.2. The van der Waals surface area contributed by atoms with Crippen molar-refractivity contribution in [3.63, 3.8) is 0 Å². The lowest BCUT2D eigenvalue weighted by atomic mass is 10.1. The molecule has 0 atom stereocenters. The maximum absolute atomic E-state index is 12.9. The quantitative estimate of drug-likeness (QED) is 0.776. The Kier molecular flexibility index (Phi) is 3.64. The molecule has 3 rings (SSSR count). The fraction of sp³-hybridized carbons (Fsp3) is 0. The smallest absolute Gasteiger partial charge is 0.261 e. The third kappa shape index (κ3) is 2.99. The summed E-state index contributed by atoms with van der Waals surface area (Å²) in [4.78, 5) is 0.00606. The number of aromatic nitrogens is 2. The molecule has 1 aromatic heterocycles. The first-order valence-electron chi connectivity index (χ1n) is 6.43. The highest BCUT2D eigenvalue weighted by Crippen LogP contribution is 2.21. The molecule has 0 fully saturated rings. The second-order valence-electron chi connectivity index (χ2n) is 4.61. The minimum absolute atomic E-state index is 0.00606. The summed E-state index contributed by atoms with van der Waals surface area (Å²) in [6, 6.07) is 13.3. The standard InChI is InChI=1S/C15H12FN3O2S/c16-12-3-7-14(8-4-12)22(20,21)19-13-5-1-11(2-6-13)15-9-10-17-18-15/h1-10,19H,(H,17,18). The molecular weight excluding hydrogens is 305 g/mol. The number of hydrogen-bond donors (Lipinski definition) is 2. The van der Waals surface area contributed by atoms with Crippen LogP contribution in [0, 0.1) is 5.82 Å². The Morgan fingerprint density at radius 2 is 1.64 bits per heavy atom. The number of H-pyrrole nitrogens is 1. The van der Waals surface area contributed by atoms with Crippen molar-refractivity contribution in [3.05, 3.63) is 66.6 Å². The molecule has 0 radical (unpaired) electrons. The van der Waals surface area contributed by atoms with Crippen LogP contribution in [0.5, 0.6) is 0 Å². The molecule has 0 aliphatic carbocycles. The van der Waals surface area contributed by atoms with Crippen LogP contribution in [0.1, 0.15) is 0 Å². The van der Waals surface area contributed by atoms with Crippen LogP contribution in [0.25, 0.3) is 11.3 Å². The predicted molar refractivity (Wildman–Crippen MR) is 81.2 cm³/mol. The molecule has 1 heterocycles. The van der Waals surface area contributed by atoms with E-state index >= 15 is 0 Å². The lowest BCUT2D eigenvalue weighted by Crippen LogP contribution is -2.12. The average Bonchev–Trinajstić information content (AvgIpc) is 3.02. The van der Waals surface area contributed by atoms with Gasteiger partial charge < -0.3 is 0 Å². The number of halogens is 1. The van der Waals surface area contributed by atoms with E-state index in [-0.39, 0.29) is 4.90 Å². The lowest BCUT2D eigenvalue weighted by Gasteiger charge is -2.08. The Morgan fingerprint density at radius 3 is 2.23 bits per heavy atom. The van der Waals surface area contributed by atoms with Crippen LogP contribution in [0.3, 0.4) is 0 Å². The largest absolute Gasteiger partial charge is 0.280 e. The van der Waals surface area contributed by atoms with E-state index in [4.69, 9.17) is 0 Å². The van der Waals surface area contributed by atoms with Gasteiger partial charge in [0.1, 0.15) is 5.82 Å². The molecule has 2 N–H and O–H groups in total. The molecule has 7 heteroatoms. The molecule has 3 aromatic rings. The van der Waals surface area contributed by atoms with E-state index in [0.29, 0.717) is 5.69 Å². The van der Waals surface area contributed by atoms with Gasteiger partial charge in [-0.1, -0.05) is 12.1 Å². The number of nitrogens with zero attached hydrogens (tertiary/aromatic N) is 1. The summed E-state index contributed by atoms with van der Waals surface area (Å²) in [5.41, 5.74) is 2.16. The van der Waals surface area contributed by atoms with Gasteiger partial charge in [0.15, 0.2) is 0 Å². The number of hydrogen-bond acceptors (Lipinski definition) is 3. The topological polar surface area (TPSA) is 74.8 Å². The van der Waals surface area contributed by atoms with E-state index in [1.54, 1.807) is 30.5 Å². The highest BCUT2D eigenvalue weighted by Gasteiger charge is 2.14. The Balaban J connectivity index is 1.82. The van der Waals surface area contributed by atoms with Gasteiger partial charge in [-0.15, -0.1) is 0 Å². The molecule has 0 saturated heterocycles. The van der Waals surface area contributed by atoms with Crippen LogP contribution in [0.4, 0.5) is 10.1 Å². The molecule has 22 heavy (non-hydrogen) atoms. The molecular formula is C15H12FN3O2S. The Bertz CT molecular complexity index is 858. The van der Waals surface area contributed by atoms with E-state index in [1.807, 2.05) is 6.07 Å². The van der Waals surface area contributed by atoms with Crippen molar-refractivity contribution in [2.45, 2.75) is 4.90 Å². The Hall–Kier alpha value is -2.67. The van der Waals surface area contributed by atoms with Crippen LogP contribution < -0.4 is 4.72 Å². The minimum atomic E-state index is -3.73. The normalized spacial score (nSPS) is 11.3. The number of anilines is 1. The fourth-order valence-electron chi connectivity index (χ4n) is 1.96. The molecule has 0 bridgehead atoms. The van der Waals surface area contributed by atoms with E-state index in [0.717, 1.165) is 23.4 Å². The van der Waals surface area contributed by atoms with E-state index < -0.39 is 15.8 Å². The second-order valence-corrected chi connectivity index (χ2v) is 6.29. The van der Waals surface area contributed by atoms with Crippen molar-refractivity contribution in [2.75, 3.05) is 4.72 Å². The van der Waals surface area contributed by atoms with Gasteiger partial charge in [0.05, 0.1) is 10.6 Å². The molecule has 0 amide bonds. The zero-order chi connectivity index (χ0) is 15.6. The van der Waals surface area contributed by atoms with Gasteiger partial charge in [-0.3, -0.25) is 9.82 Å². The van der Waals surface area contributed by atoms with Crippen molar-refractivity contribution in [3.8, 4) is 11.3 Å². The van der Waals surface area contributed by atoms with Gasteiger partial charge >= 0.3 is 0 Å².